The molecule has 0 fully saturated rings. The van der Waals surface area contributed by atoms with Gasteiger partial charge in [-0.25, -0.2) is 0 Å². The average molecular weight is 114 g/mol. The first-order valence-corrected chi connectivity index (χ1v) is 1.34. The van der Waals surface area contributed by atoms with Gasteiger partial charge in [0, 0.05) is 0 Å². The van der Waals surface area contributed by atoms with E-state index in [0.717, 1.165) is 0 Å². The summed E-state index contributed by atoms with van der Waals surface area (Å²) in [4.78, 5) is 0. The minimum atomic E-state index is 0. The molecule has 0 aromatic heterocycles. The second kappa shape index (κ2) is 33.3. The molecule has 26 valence electrons. The van der Waals surface area contributed by atoms with E-state index >= 15 is 0 Å². The fourth-order valence-corrected chi connectivity index (χ4v) is 0. The van der Waals surface area contributed by atoms with Crippen LogP contribution in [0.25, 0.3) is 0 Å². The molecule has 1 nitrogen and oxygen atoms in total. The van der Waals surface area contributed by atoms with Crippen LogP contribution in [0.1, 0.15) is 0 Å². The van der Waals surface area contributed by atoms with Crippen molar-refractivity contribution in [1.82, 2.24) is 0 Å². The van der Waals surface area contributed by atoms with Gasteiger partial charge in [-0.05, 0) is 6.26 Å². The molecule has 5 heavy (non-hydrogen) atoms. The molecule has 2 N–H and O–H groups in total. The number of thiol groups is 1. The van der Waals surface area contributed by atoms with Gasteiger partial charge in [0.15, 0.2) is 0 Å². The van der Waals surface area contributed by atoms with Gasteiger partial charge in [0.25, 0.3) is 0 Å². The van der Waals surface area contributed by atoms with E-state index in [1.54, 1.807) is 6.26 Å². The van der Waals surface area contributed by atoms with E-state index in [1.165, 1.54) is 0 Å². The number of rotatable bonds is 0. The van der Waals surface area contributed by atoms with Crippen molar-refractivity contribution in [2.75, 3.05) is 6.26 Å². The summed E-state index contributed by atoms with van der Waals surface area (Å²) in [5.41, 5.74) is 0. The van der Waals surface area contributed by atoms with Crippen molar-refractivity contribution in [3.05, 3.63) is 0 Å². The van der Waals surface area contributed by atoms with Crippen LogP contribution < -0.4 is 0 Å². The van der Waals surface area contributed by atoms with Crippen molar-refractivity contribution in [3.8, 4) is 0 Å². The average Bonchev–Trinajstić information content (AvgIpc) is 1.00. The molecule has 0 aromatic carbocycles. The predicted molar refractivity (Wildman–Crippen MR) is 32.8 cm³/mol. The van der Waals surface area contributed by atoms with Gasteiger partial charge < -0.3 is 5.48 Å². The monoisotopic (exact) mass is 114 g/mol. The zero-order chi connectivity index (χ0) is 2.00. The topological polar surface area (TPSA) is 31.5 Å². The fourth-order valence-electron chi connectivity index (χ4n) is 0. The summed E-state index contributed by atoms with van der Waals surface area (Å²) >= 11 is 3.53. The summed E-state index contributed by atoms with van der Waals surface area (Å²) in [7, 11) is 0. The van der Waals surface area contributed by atoms with Gasteiger partial charge in [0.1, 0.15) is 0 Å². The second-order valence-corrected chi connectivity index (χ2v) is 0. The summed E-state index contributed by atoms with van der Waals surface area (Å²) in [6, 6.07) is 0. The Labute approximate surface area is 82.2 Å². The molecule has 0 spiro atoms. The maximum absolute atomic E-state index is 3.53. The Morgan fingerprint density at radius 3 is 1.00 bits per heavy atom. The quantitative estimate of drug-likeness (QED) is 0.291. The Morgan fingerprint density at radius 1 is 1.00 bits per heavy atom. The molecule has 0 aliphatic carbocycles. The van der Waals surface area contributed by atoms with E-state index in [2.05, 4.69) is 12.6 Å². The van der Waals surface area contributed by atoms with E-state index < -0.39 is 0 Å². The van der Waals surface area contributed by atoms with E-state index in [-0.39, 0.29) is 64.6 Å². The van der Waals surface area contributed by atoms with Gasteiger partial charge in [0.05, 0.1) is 0 Å². The SMILES string of the molecule is CS.O.[NaH].[NaH]. The van der Waals surface area contributed by atoms with E-state index in [9.17, 15) is 0 Å². The van der Waals surface area contributed by atoms with E-state index in [4.69, 9.17) is 0 Å². The normalized spacial score (nSPS) is 1.20. The Bertz CT molecular complexity index is 9.61. The Kier molecular flexibility index (Phi) is 177. The van der Waals surface area contributed by atoms with Crippen molar-refractivity contribution in [2.24, 2.45) is 0 Å². The summed E-state index contributed by atoms with van der Waals surface area (Å²) in [5.74, 6) is 0. The second-order valence-electron chi connectivity index (χ2n) is 0. The summed E-state index contributed by atoms with van der Waals surface area (Å²) in [5, 5.41) is 0. The van der Waals surface area contributed by atoms with E-state index in [1.807, 2.05) is 0 Å². The standard InChI is InChI=1S/CH4S.2Na.H2O.2H/c1-2;;;;;/h2H,1H3;;;1H2;;. The van der Waals surface area contributed by atoms with Crippen LogP contribution in [-0.4, -0.2) is 70.8 Å². The van der Waals surface area contributed by atoms with Crippen molar-refractivity contribution in [1.29, 1.82) is 0 Å². The molecule has 0 heterocycles. The molecule has 0 aliphatic rings. The number of hydrogen-bond acceptors (Lipinski definition) is 1. The van der Waals surface area contributed by atoms with Gasteiger partial charge in [-0.15, -0.1) is 0 Å². The van der Waals surface area contributed by atoms with Crippen LogP contribution in [0.5, 0.6) is 0 Å². The van der Waals surface area contributed by atoms with Gasteiger partial charge in [-0.1, -0.05) is 0 Å². The van der Waals surface area contributed by atoms with Crippen LogP contribution in [0.4, 0.5) is 0 Å². The molecule has 0 radical (unpaired) electrons. The van der Waals surface area contributed by atoms with Gasteiger partial charge in [-0.2, -0.15) is 12.6 Å². The van der Waals surface area contributed by atoms with Gasteiger partial charge in [0.2, 0.25) is 0 Å². The molecule has 0 amide bonds. The van der Waals surface area contributed by atoms with Crippen molar-refractivity contribution in [3.63, 3.8) is 0 Å². The third-order valence-electron chi connectivity index (χ3n) is 0. The Hall–Kier alpha value is 2.31. The third-order valence-corrected chi connectivity index (χ3v) is 0. The molecule has 0 atom stereocenters. The first kappa shape index (κ1) is 26.6. The van der Waals surface area contributed by atoms with Gasteiger partial charge >= 0.3 is 59.1 Å². The number of hydrogen-bond donors (Lipinski definition) is 1. The van der Waals surface area contributed by atoms with Gasteiger partial charge in [-0.3, -0.25) is 0 Å². The van der Waals surface area contributed by atoms with E-state index in [0.29, 0.717) is 0 Å². The molecule has 0 saturated carbocycles. The molecule has 0 unspecified atom stereocenters. The van der Waals surface area contributed by atoms with Crippen LogP contribution >= 0.6 is 12.6 Å². The molecule has 0 rings (SSSR count). The van der Waals surface area contributed by atoms with Crippen LogP contribution in [0, 0.1) is 0 Å². The maximum atomic E-state index is 3.53. The molecule has 0 aliphatic heterocycles. The third kappa shape index (κ3) is 22.0. The Balaban J connectivity index is -0.00000000167. The van der Waals surface area contributed by atoms with Crippen LogP contribution in [0.15, 0.2) is 0 Å². The van der Waals surface area contributed by atoms with Crippen molar-refractivity contribution < 1.29 is 5.48 Å². The zero-order valence-electron chi connectivity index (χ0n) is 1.95. The van der Waals surface area contributed by atoms with Crippen molar-refractivity contribution in [2.45, 2.75) is 0 Å². The fraction of sp³-hybridized carbons (Fsp3) is 1.00. The summed E-state index contributed by atoms with van der Waals surface area (Å²) in [6.07, 6.45) is 1.69. The zero-order valence-corrected chi connectivity index (χ0v) is 2.84. The molecule has 0 bridgehead atoms. The molecule has 0 saturated heterocycles. The first-order valence-electron chi connectivity index (χ1n) is 0.447. The minimum absolute atomic E-state index is 0. The first-order chi connectivity index (χ1) is 1.00. The van der Waals surface area contributed by atoms with Crippen LogP contribution in [-0.2, 0) is 0 Å². The van der Waals surface area contributed by atoms with Crippen LogP contribution in [0.3, 0.4) is 0 Å². The predicted octanol–water partition coefficient (Wildman–Crippen LogP) is -1.58. The van der Waals surface area contributed by atoms with Crippen molar-refractivity contribution >= 4 is 71.7 Å². The Morgan fingerprint density at radius 2 is 1.00 bits per heavy atom. The molecule has 4 heteroatoms. The summed E-state index contributed by atoms with van der Waals surface area (Å²) in [6.45, 7) is 0. The summed E-state index contributed by atoms with van der Waals surface area (Å²) < 4.78 is 0. The van der Waals surface area contributed by atoms with Crippen LogP contribution in [0.2, 0.25) is 0 Å². The molecular formula is CH8Na2OS. The molecule has 0 aromatic rings. The molecular weight excluding hydrogens is 106 g/mol.